The molecule has 3 aromatic rings. The third kappa shape index (κ3) is 2.35. The van der Waals surface area contributed by atoms with E-state index in [9.17, 15) is 4.79 Å². The first kappa shape index (κ1) is 12.6. The van der Waals surface area contributed by atoms with Gasteiger partial charge in [-0.25, -0.2) is 9.97 Å². The first-order chi connectivity index (χ1) is 9.63. The van der Waals surface area contributed by atoms with E-state index in [-0.39, 0.29) is 11.6 Å². The minimum atomic E-state index is -0.212. The molecule has 2 heterocycles. The summed E-state index contributed by atoms with van der Waals surface area (Å²) in [7, 11) is 0. The van der Waals surface area contributed by atoms with Gasteiger partial charge >= 0.3 is 0 Å². The van der Waals surface area contributed by atoms with Crippen LogP contribution in [0.1, 0.15) is 18.0 Å². The normalized spacial score (nSPS) is 12.4. The van der Waals surface area contributed by atoms with Crippen molar-refractivity contribution in [2.24, 2.45) is 0 Å². The maximum Gasteiger partial charge on any atom is 0.260 e. The number of anilines is 2. The number of aromatic amines is 1. The fourth-order valence-corrected chi connectivity index (χ4v) is 2.59. The first-order valence-corrected chi connectivity index (χ1v) is 6.97. The zero-order valence-corrected chi connectivity index (χ0v) is 11.6. The quantitative estimate of drug-likeness (QED) is 0.641. The summed E-state index contributed by atoms with van der Waals surface area (Å²) in [6.45, 7) is 1.96. The fourth-order valence-electron chi connectivity index (χ4n) is 1.94. The molecule has 20 heavy (non-hydrogen) atoms. The van der Waals surface area contributed by atoms with Gasteiger partial charge in [0.1, 0.15) is 5.01 Å². The summed E-state index contributed by atoms with van der Waals surface area (Å²) < 4.78 is 0. The Morgan fingerprint density at radius 1 is 1.45 bits per heavy atom. The summed E-state index contributed by atoms with van der Waals surface area (Å²) in [5.41, 5.74) is 6.61. The number of benzene rings is 1. The van der Waals surface area contributed by atoms with Crippen LogP contribution in [0.5, 0.6) is 0 Å². The van der Waals surface area contributed by atoms with Gasteiger partial charge in [0.25, 0.3) is 5.56 Å². The van der Waals surface area contributed by atoms with E-state index in [4.69, 9.17) is 5.73 Å². The van der Waals surface area contributed by atoms with Gasteiger partial charge in [-0.3, -0.25) is 9.78 Å². The third-order valence-corrected chi connectivity index (χ3v) is 3.86. The molecule has 0 aliphatic carbocycles. The summed E-state index contributed by atoms with van der Waals surface area (Å²) in [5, 5.41) is 6.47. The van der Waals surface area contributed by atoms with Crippen LogP contribution in [0.15, 0.2) is 34.6 Å². The molecule has 0 bridgehead atoms. The van der Waals surface area contributed by atoms with E-state index < -0.39 is 0 Å². The van der Waals surface area contributed by atoms with Gasteiger partial charge in [-0.05, 0) is 25.1 Å². The van der Waals surface area contributed by atoms with Crippen LogP contribution in [0.4, 0.5) is 11.6 Å². The first-order valence-electron chi connectivity index (χ1n) is 6.09. The van der Waals surface area contributed by atoms with E-state index >= 15 is 0 Å². The van der Waals surface area contributed by atoms with Gasteiger partial charge in [0.05, 0.1) is 16.9 Å². The molecule has 0 saturated carbocycles. The lowest BCUT2D eigenvalue weighted by Crippen LogP contribution is -2.15. The summed E-state index contributed by atoms with van der Waals surface area (Å²) in [6, 6.07) is 5.06. The molecule has 4 N–H and O–H groups in total. The molecule has 0 spiro atoms. The Morgan fingerprint density at radius 2 is 2.30 bits per heavy atom. The Kier molecular flexibility index (Phi) is 3.11. The van der Waals surface area contributed by atoms with E-state index in [0.29, 0.717) is 22.5 Å². The third-order valence-electron chi connectivity index (χ3n) is 2.90. The van der Waals surface area contributed by atoms with Crippen molar-refractivity contribution in [3.05, 3.63) is 45.1 Å². The van der Waals surface area contributed by atoms with Crippen molar-refractivity contribution in [2.45, 2.75) is 13.0 Å². The Bertz CT molecular complexity index is 796. The molecule has 1 aromatic carbocycles. The number of nitrogen functional groups attached to an aromatic ring is 1. The largest absolute Gasteiger partial charge is 0.399 e. The molecule has 0 amide bonds. The predicted molar refractivity (Wildman–Crippen MR) is 80.9 cm³/mol. The van der Waals surface area contributed by atoms with Gasteiger partial charge in [-0.15, -0.1) is 11.3 Å². The second-order valence-corrected chi connectivity index (χ2v) is 5.35. The van der Waals surface area contributed by atoms with Crippen LogP contribution >= 0.6 is 11.3 Å². The van der Waals surface area contributed by atoms with Crippen LogP contribution in [0.2, 0.25) is 0 Å². The number of rotatable bonds is 3. The summed E-state index contributed by atoms with van der Waals surface area (Å²) in [5.74, 6) is 0.426. The number of fused-ring (bicyclic) bond motifs is 1. The van der Waals surface area contributed by atoms with Crippen LogP contribution in [0.3, 0.4) is 0 Å². The van der Waals surface area contributed by atoms with Crippen LogP contribution in [-0.2, 0) is 0 Å². The van der Waals surface area contributed by atoms with Crippen molar-refractivity contribution < 1.29 is 0 Å². The summed E-state index contributed by atoms with van der Waals surface area (Å²) in [4.78, 5) is 23.3. The maximum absolute atomic E-state index is 12.0. The highest BCUT2D eigenvalue weighted by molar-refractivity contribution is 7.09. The van der Waals surface area contributed by atoms with Gasteiger partial charge in [-0.1, -0.05) is 0 Å². The highest BCUT2D eigenvalue weighted by Crippen LogP contribution is 2.19. The molecule has 0 aliphatic heterocycles. The number of nitrogens with two attached hydrogens (primary N) is 1. The second-order valence-electron chi connectivity index (χ2n) is 4.43. The van der Waals surface area contributed by atoms with Crippen molar-refractivity contribution in [1.29, 1.82) is 0 Å². The molecular weight excluding hydrogens is 274 g/mol. The van der Waals surface area contributed by atoms with Gasteiger partial charge in [0.2, 0.25) is 5.95 Å². The van der Waals surface area contributed by atoms with E-state index in [0.717, 1.165) is 5.01 Å². The molecule has 0 radical (unpaired) electrons. The van der Waals surface area contributed by atoms with Crippen LogP contribution in [0.25, 0.3) is 10.9 Å². The summed E-state index contributed by atoms with van der Waals surface area (Å²) >= 11 is 1.55. The van der Waals surface area contributed by atoms with Crippen molar-refractivity contribution in [2.75, 3.05) is 11.1 Å². The second kappa shape index (κ2) is 4.93. The topological polar surface area (TPSA) is 96.7 Å². The number of H-pyrrole nitrogens is 1. The molecule has 6 nitrogen and oxygen atoms in total. The van der Waals surface area contributed by atoms with Crippen LogP contribution in [-0.4, -0.2) is 15.0 Å². The lowest BCUT2D eigenvalue weighted by Gasteiger charge is -2.11. The molecule has 0 fully saturated rings. The van der Waals surface area contributed by atoms with E-state index in [2.05, 4.69) is 20.3 Å². The lowest BCUT2D eigenvalue weighted by atomic mass is 10.2. The molecule has 2 aromatic heterocycles. The number of hydrogen-bond acceptors (Lipinski definition) is 6. The van der Waals surface area contributed by atoms with E-state index in [1.807, 2.05) is 12.3 Å². The number of nitrogens with zero attached hydrogens (tertiary/aromatic N) is 2. The van der Waals surface area contributed by atoms with E-state index in [1.54, 1.807) is 35.7 Å². The monoisotopic (exact) mass is 287 g/mol. The lowest BCUT2D eigenvalue weighted by molar-refractivity contribution is 0.849. The van der Waals surface area contributed by atoms with Gasteiger partial charge in [0.15, 0.2) is 0 Å². The molecule has 0 saturated heterocycles. The van der Waals surface area contributed by atoms with Crippen molar-refractivity contribution in [3.8, 4) is 0 Å². The zero-order chi connectivity index (χ0) is 14.1. The van der Waals surface area contributed by atoms with E-state index in [1.165, 1.54) is 0 Å². The highest BCUT2D eigenvalue weighted by atomic mass is 32.1. The summed E-state index contributed by atoms with van der Waals surface area (Å²) in [6.07, 6.45) is 1.75. The van der Waals surface area contributed by atoms with Crippen molar-refractivity contribution >= 4 is 33.9 Å². The molecule has 7 heteroatoms. The zero-order valence-electron chi connectivity index (χ0n) is 10.8. The molecule has 1 unspecified atom stereocenters. The number of hydrogen-bond donors (Lipinski definition) is 3. The molecule has 102 valence electrons. The van der Waals surface area contributed by atoms with Crippen LogP contribution < -0.4 is 16.6 Å². The Labute approximate surface area is 118 Å². The Balaban J connectivity index is 1.97. The van der Waals surface area contributed by atoms with Gasteiger partial charge in [0, 0.05) is 17.3 Å². The number of thiazole rings is 1. The molecular formula is C13H13N5OS. The predicted octanol–water partition coefficient (Wildman–Crippen LogP) is 2.13. The van der Waals surface area contributed by atoms with Crippen molar-refractivity contribution in [1.82, 2.24) is 15.0 Å². The highest BCUT2D eigenvalue weighted by Gasteiger charge is 2.10. The Hall–Kier alpha value is -2.41. The van der Waals surface area contributed by atoms with Gasteiger partial charge < -0.3 is 11.1 Å². The SMILES string of the molecule is CC(Nc1nc2ccc(N)cc2c(=O)[nH]1)c1nccs1. The molecule has 3 rings (SSSR count). The maximum atomic E-state index is 12.0. The number of aromatic nitrogens is 3. The molecule has 0 aliphatic rings. The smallest absolute Gasteiger partial charge is 0.260 e. The average Bonchev–Trinajstić information content (AvgIpc) is 2.94. The van der Waals surface area contributed by atoms with Crippen molar-refractivity contribution in [3.63, 3.8) is 0 Å². The van der Waals surface area contributed by atoms with Crippen LogP contribution in [0, 0.1) is 0 Å². The molecule has 1 atom stereocenters. The van der Waals surface area contributed by atoms with Gasteiger partial charge in [-0.2, -0.15) is 0 Å². The minimum Gasteiger partial charge on any atom is -0.399 e. The minimum absolute atomic E-state index is 0.0237. The fraction of sp³-hybridized carbons (Fsp3) is 0.154. The number of nitrogens with one attached hydrogen (secondary N) is 2. The average molecular weight is 287 g/mol. The Morgan fingerprint density at radius 3 is 3.05 bits per heavy atom. The standard InChI is InChI=1S/C13H13N5OS/c1-7(12-15-4-5-20-12)16-13-17-10-3-2-8(14)6-9(10)11(19)18-13/h2-7H,14H2,1H3,(H2,16,17,18,19).